The molecular weight excluding hydrogens is 204 g/mol. The highest BCUT2D eigenvalue weighted by atomic mass is 16.2. The highest BCUT2D eigenvalue weighted by molar-refractivity contribution is 5.97. The van der Waals surface area contributed by atoms with E-state index in [4.69, 9.17) is 0 Å². The van der Waals surface area contributed by atoms with Crippen LogP contribution in [0, 0.1) is 5.92 Å². The Bertz CT molecular complexity index is 358. The molecular formula is C12H18N2O2. The topological polar surface area (TPSA) is 49.4 Å². The SMILES string of the molecule is CC1C(=O)NC(C2CC2)C(=O)N1C1(C)CC1. The van der Waals surface area contributed by atoms with Crippen molar-refractivity contribution in [2.75, 3.05) is 0 Å². The standard InChI is InChI=1S/C12H18N2O2/c1-7-10(15)13-9(8-3-4-8)11(16)14(7)12(2)5-6-12/h7-9H,3-6H2,1-2H3,(H,13,15). The molecule has 1 aliphatic heterocycles. The lowest BCUT2D eigenvalue weighted by atomic mass is 10.0. The van der Waals surface area contributed by atoms with E-state index in [2.05, 4.69) is 12.2 Å². The van der Waals surface area contributed by atoms with Crippen LogP contribution in [0.2, 0.25) is 0 Å². The fourth-order valence-electron chi connectivity index (χ4n) is 2.70. The zero-order chi connectivity index (χ0) is 11.5. The van der Waals surface area contributed by atoms with Crippen LogP contribution in [-0.4, -0.2) is 34.3 Å². The molecule has 0 aromatic heterocycles. The van der Waals surface area contributed by atoms with Crippen LogP contribution in [0.1, 0.15) is 39.5 Å². The molecule has 4 nitrogen and oxygen atoms in total. The molecule has 2 unspecified atom stereocenters. The summed E-state index contributed by atoms with van der Waals surface area (Å²) in [6.45, 7) is 3.92. The third-order valence-electron chi connectivity index (χ3n) is 4.22. The van der Waals surface area contributed by atoms with Crippen LogP contribution in [0.25, 0.3) is 0 Å². The molecule has 1 heterocycles. The third-order valence-corrected chi connectivity index (χ3v) is 4.22. The number of rotatable bonds is 2. The first-order valence-corrected chi connectivity index (χ1v) is 6.16. The van der Waals surface area contributed by atoms with E-state index < -0.39 is 0 Å². The van der Waals surface area contributed by atoms with Crippen molar-refractivity contribution in [3.8, 4) is 0 Å². The zero-order valence-corrected chi connectivity index (χ0v) is 9.82. The van der Waals surface area contributed by atoms with E-state index in [0.717, 1.165) is 25.7 Å². The number of carbonyl (C=O) groups excluding carboxylic acids is 2. The summed E-state index contributed by atoms with van der Waals surface area (Å²) in [5.74, 6) is 0.563. The Hall–Kier alpha value is -1.06. The number of hydrogen-bond donors (Lipinski definition) is 1. The van der Waals surface area contributed by atoms with Gasteiger partial charge in [-0.1, -0.05) is 0 Å². The van der Waals surface area contributed by atoms with Gasteiger partial charge in [-0.3, -0.25) is 9.59 Å². The first-order valence-electron chi connectivity index (χ1n) is 6.16. The van der Waals surface area contributed by atoms with E-state index >= 15 is 0 Å². The fourth-order valence-corrected chi connectivity index (χ4v) is 2.70. The molecule has 1 N–H and O–H groups in total. The molecule has 0 radical (unpaired) electrons. The Labute approximate surface area is 95.4 Å². The van der Waals surface area contributed by atoms with Crippen molar-refractivity contribution in [3.63, 3.8) is 0 Å². The molecule has 0 spiro atoms. The van der Waals surface area contributed by atoms with Crippen LogP contribution >= 0.6 is 0 Å². The normalized spacial score (nSPS) is 37.2. The molecule has 0 aromatic rings. The largest absolute Gasteiger partial charge is 0.342 e. The van der Waals surface area contributed by atoms with Crippen LogP contribution in [0.5, 0.6) is 0 Å². The van der Waals surface area contributed by atoms with Gasteiger partial charge >= 0.3 is 0 Å². The molecule has 3 aliphatic rings. The van der Waals surface area contributed by atoms with Gasteiger partial charge in [0.25, 0.3) is 0 Å². The van der Waals surface area contributed by atoms with E-state index in [1.54, 1.807) is 0 Å². The predicted octanol–water partition coefficient (Wildman–Crippen LogP) is 0.664. The molecule has 0 aromatic carbocycles. The first kappa shape index (κ1) is 10.1. The van der Waals surface area contributed by atoms with Crippen LogP contribution in [-0.2, 0) is 9.59 Å². The van der Waals surface area contributed by atoms with Gasteiger partial charge in [0, 0.05) is 5.54 Å². The van der Waals surface area contributed by atoms with Gasteiger partial charge in [0.15, 0.2) is 0 Å². The van der Waals surface area contributed by atoms with Gasteiger partial charge in [-0.25, -0.2) is 0 Å². The number of carbonyl (C=O) groups is 2. The summed E-state index contributed by atoms with van der Waals surface area (Å²) in [4.78, 5) is 26.1. The quantitative estimate of drug-likeness (QED) is 0.746. The molecule has 16 heavy (non-hydrogen) atoms. The fraction of sp³-hybridized carbons (Fsp3) is 0.833. The number of amides is 2. The summed E-state index contributed by atoms with van der Waals surface area (Å²) in [6, 6.07) is -0.531. The number of hydrogen-bond acceptors (Lipinski definition) is 2. The lowest BCUT2D eigenvalue weighted by Crippen LogP contribution is -2.65. The molecule has 2 saturated carbocycles. The van der Waals surface area contributed by atoms with Crippen LogP contribution in [0.4, 0.5) is 0 Å². The van der Waals surface area contributed by atoms with Gasteiger partial charge < -0.3 is 10.2 Å². The van der Waals surface area contributed by atoms with Crippen molar-refractivity contribution < 1.29 is 9.59 Å². The number of nitrogens with zero attached hydrogens (tertiary/aromatic N) is 1. The van der Waals surface area contributed by atoms with Gasteiger partial charge in [-0.2, -0.15) is 0 Å². The second kappa shape index (κ2) is 2.99. The van der Waals surface area contributed by atoms with Crippen molar-refractivity contribution in [1.29, 1.82) is 0 Å². The Kier molecular flexibility index (Phi) is 1.89. The van der Waals surface area contributed by atoms with Crippen molar-refractivity contribution in [2.24, 2.45) is 5.92 Å². The minimum Gasteiger partial charge on any atom is -0.342 e. The van der Waals surface area contributed by atoms with Crippen LogP contribution in [0.3, 0.4) is 0 Å². The van der Waals surface area contributed by atoms with E-state index in [0.29, 0.717) is 5.92 Å². The van der Waals surface area contributed by atoms with Crippen molar-refractivity contribution >= 4 is 11.8 Å². The average Bonchev–Trinajstić information content (AvgIpc) is 3.08. The van der Waals surface area contributed by atoms with Crippen molar-refractivity contribution in [2.45, 2.75) is 57.2 Å². The molecule has 4 heteroatoms. The molecule has 2 atom stereocenters. The van der Waals surface area contributed by atoms with Gasteiger partial charge in [0.05, 0.1) is 0 Å². The minimum atomic E-state index is -0.296. The summed E-state index contributed by atoms with van der Waals surface area (Å²) in [7, 11) is 0. The average molecular weight is 222 g/mol. The summed E-state index contributed by atoms with van der Waals surface area (Å²) in [5, 5.41) is 2.88. The first-order chi connectivity index (χ1) is 7.53. The molecule has 88 valence electrons. The lowest BCUT2D eigenvalue weighted by molar-refractivity contribution is -0.152. The Morgan fingerprint density at radius 1 is 1.31 bits per heavy atom. The predicted molar refractivity (Wildman–Crippen MR) is 58.6 cm³/mol. The Morgan fingerprint density at radius 3 is 2.44 bits per heavy atom. The highest BCUT2D eigenvalue weighted by Gasteiger charge is 2.55. The third kappa shape index (κ3) is 1.35. The summed E-state index contributed by atoms with van der Waals surface area (Å²) in [6.07, 6.45) is 4.23. The van der Waals surface area contributed by atoms with E-state index in [1.165, 1.54) is 0 Å². The smallest absolute Gasteiger partial charge is 0.246 e. The van der Waals surface area contributed by atoms with Crippen molar-refractivity contribution in [1.82, 2.24) is 10.2 Å². The second-order valence-corrected chi connectivity index (χ2v) is 5.70. The Morgan fingerprint density at radius 2 is 1.94 bits per heavy atom. The van der Waals surface area contributed by atoms with Gasteiger partial charge in [-0.05, 0) is 45.4 Å². The monoisotopic (exact) mass is 222 g/mol. The molecule has 2 amide bonds. The maximum absolute atomic E-state index is 12.4. The van der Waals surface area contributed by atoms with Gasteiger partial charge in [0.2, 0.25) is 11.8 Å². The number of nitrogens with one attached hydrogen (secondary N) is 1. The van der Waals surface area contributed by atoms with Crippen LogP contribution in [0.15, 0.2) is 0 Å². The van der Waals surface area contributed by atoms with Gasteiger partial charge in [-0.15, -0.1) is 0 Å². The van der Waals surface area contributed by atoms with Crippen LogP contribution < -0.4 is 5.32 Å². The number of piperazine rings is 1. The summed E-state index contributed by atoms with van der Waals surface area (Å²) >= 11 is 0. The second-order valence-electron chi connectivity index (χ2n) is 5.70. The van der Waals surface area contributed by atoms with E-state index in [1.807, 2.05) is 11.8 Å². The summed E-state index contributed by atoms with van der Waals surface area (Å²) in [5.41, 5.74) is -0.0403. The molecule has 1 saturated heterocycles. The zero-order valence-electron chi connectivity index (χ0n) is 9.82. The van der Waals surface area contributed by atoms with Gasteiger partial charge in [0.1, 0.15) is 12.1 Å². The molecule has 3 fully saturated rings. The molecule has 3 rings (SSSR count). The van der Waals surface area contributed by atoms with E-state index in [9.17, 15) is 9.59 Å². The maximum Gasteiger partial charge on any atom is 0.246 e. The molecule has 0 bridgehead atoms. The van der Waals surface area contributed by atoms with Crippen molar-refractivity contribution in [3.05, 3.63) is 0 Å². The Balaban J connectivity index is 1.88. The maximum atomic E-state index is 12.4. The molecule has 2 aliphatic carbocycles. The van der Waals surface area contributed by atoms with E-state index in [-0.39, 0.29) is 29.4 Å². The minimum absolute atomic E-state index is 0.0182. The lowest BCUT2D eigenvalue weighted by Gasteiger charge is -2.41. The summed E-state index contributed by atoms with van der Waals surface area (Å²) < 4.78 is 0. The highest BCUT2D eigenvalue weighted by Crippen LogP contribution is 2.45.